The van der Waals surface area contributed by atoms with Gasteiger partial charge in [-0.05, 0) is 40.5 Å². The van der Waals surface area contributed by atoms with Crippen LogP contribution in [-0.2, 0) is 9.59 Å². The Morgan fingerprint density at radius 1 is 1.03 bits per heavy atom. The van der Waals surface area contributed by atoms with Gasteiger partial charge in [-0.25, -0.2) is 0 Å². The molecule has 0 spiro atoms. The molecule has 1 unspecified atom stereocenters. The molecule has 3 aromatic rings. The smallest absolute Gasteiger partial charge is 0.309 e. The summed E-state index contributed by atoms with van der Waals surface area (Å²) in [6, 6.07) is 21.4. The standard InChI is InChI=1S/C28H32N2O4/c1-4-15-29(2)25(31)18-30-17-24(22-10-9-19-7-5-6-8-21(19)16-22)26(28(32)33)27(30)20-11-13-23(34-3)14-12-20/h5-14,16,24,26-27H,4,15,17-18H2,1-3H3,(H,32,33)/t24?,26-,27+/m0/s1. The quantitative estimate of drug-likeness (QED) is 0.534. The number of carbonyl (C=O) groups is 2. The van der Waals surface area contributed by atoms with Crippen molar-refractivity contribution in [3.63, 3.8) is 0 Å². The summed E-state index contributed by atoms with van der Waals surface area (Å²) in [4.78, 5) is 29.4. The second kappa shape index (κ2) is 10.3. The number of ether oxygens (including phenoxy) is 1. The molecule has 1 aliphatic rings. The Kier molecular flexibility index (Phi) is 7.17. The van der Waals surface area contributed by atoms with Crippen LogP contribution in [0.1, 0.15) is 36.4 Å². The molecule has 0 aliphatic carbocycles. The second-order valence-corrected chi connectivity index (χ2v) is 9.04. The van der Waals surface area contributed by atoms with E-state index in [1.165, 1.54) is 0 Å². The Labute approximate surface area is 200 Å². The van der Waals surface area contributed by atoms with Crippen LogP contribution < -0.4 is 4.74 Å². The first-order valence-electron chi connectivity index (χ1n) is 11.8. The first-order chi connectivity index (χ1) is 16.4. The first kappa shape index (κ1) is 23.8. The number of methoxy groups -OCH3 is 1. The minimum atomic E-state index is -0.851. The van der Waals surface area contributed by atoms with Crippen molar-refractivity contribution >= 4 is 22.6 Å². The molecule has 178 valence electrons. The largest absolute Gasteiger partial charge is 0.497 e. The van der Waals surface area contributed by atoms with Gasteiger partial charge in [-0.3, -0.25) is 14.5 Å². The van der Waals surface area contributed by atoms with Crippen LogP contribution in [0.2, 0.25) is 0 Å². The topological polar surface area (TPSA) is 70.1 Å². The van der Waals surface area contributed by atoms with Gasteiger partial charge >= 0.3 is 5.97 Å². The molecule has 34 heavy (non-hydrogen) atoms. The van der Waals surface area contributed by atoms with Gasteiger partial charge in [0, 0.05) is 32.1 Å². The van der Waals surface area contributed by atoms with E-state index >= 15 is 0 Å². The molecule has 1 saturated heterocycles. The van der Waals surface area contributed by atoms with E-state index in [1.54, 1.807) is 19.1 Å². The minimum Gasteiger partial charge on any atom is -0.497 e. The van der Waals surface area contributed by atoms with Crippen molar-refractivity contribution in [1.29, 1.82) is 0 Å². The normalized spacial score (nSPS) is 20.4. The van der Waals surface area contributed by atoms with Gasteiger partial charge < -0.3 is 14.7 Å². The van der Waals surface area contributed by atoms with Gasteiger partial charge in [-0.1, -0.05) is 61.5 Å². The van der Waals surface area contributed by atoms with Gasteiger partial charge in [-0.2, -0.15) is 0 Å². The zero-order chi connectivity index (χ0) is 24.2. The van der Waals surface area contributed by atoms with Crippen LogP contribution in [0.4, 0.5) is 0 Å². The van der Waals surface area contributed by atoms with Crippen LogP contribution in [0.25, 0.3) is 10.8 Å². The van der Waals surface area contributed by atoms with Crippen LogP contribution in [0.15, 0.2) is 66.7 Å². The fourth-order valence-corrected chi connectivity index (χ4v) is 5.12. The highest BCUT2D eigenvalue weighted by atomic mass is 16.5. The summed E-state index contributed by atoms with van der Waals surface area (Å²) >= 11 is 0. The number of likely N-dealkylation sites (tertiary alicyclic amines) is 1. The highest BCUT2D eigenvalue weighted by Crippen LogP contribution is 2.46. The fraction of sp³-hybridized carbons (Fsp3) is 0.357. The Balaban J connectivity index is 1.74. The molecule has 1 aliphatic heterocycles. The molecule has 3 atom stereocenters. The van der Waals surface area contributed by atoms with Crippen molar-refractivity contribution in [1.82, 2.24) is 9.80 Å². The number of amides is 1. The highest BCUT2D eigenvalue weighted by Gasteiger charge is 2.48. The number of nitrogens with zero attached hydrogens (tertiary/aromatic N) is 2. The molecule has 1 N–H and O–H groups in total. The van der Waals surface area contributed by atoms with Crippen molar-refractivity contribution in [2.24, 2.45) is 5.92 Å². The number of aliphatic carboxylic acids is 1. The summed E-state index contributed by atoms with van der Waals surface area (Å²) in [6.45, 7) is 3.39. The summed E-state index contributed by atoms with van der Waals surface area (Å²) < 4.78 is 5.30. The zero-order valence-corrected chi connectivity index (χ0v) is 20.0. The van der Waals surface area contributed by atoms with Crippen molar-refractivity contribution in [2.45, 2.75) is 25.3 Å². The average molecular weight is 461 g/mol. The summed E-state index contributed by atoms with van der Waals surface area (Å²) in [5.74, 6) is -1.05. The van der Waals surface area contributed by atoms with E-state index in [-0.39, 0.29) is 18.4 Å². The molecule has 0 radical (unpaired) electrons. The molecule has 0 aromatic heterocycles. The van der Waals surface area contributed by atoms with Gasteiger partial charge in [0.2, 0.25) is 5.91 Å². The van der Waals surface area contributed by atoms with E-state index in [2.05, 4.69) is 18.2 Å². The SMILES string of the molecule is CCCN(C)C(=O)CN1CC(c2ccc3ccccc3c2)[C@H](C(=O)O)[C@H]1c1ccc(OC)cc1. The van der Waals surface area contributed by atoms with Crippen LogP contribution in [0.5, 0.6) is 5.75 Å². The lowest BCUT2D eigenvalue weighted by Crippen LogP contribution is -2.39. The lowest BCUT2D eigenvalue weighted by molar-refractivity contribution is -0.143. The molecule has 1 heterocycles. The number of carboxylic acids is 1. The van der Waals surface area contributed by atoms with Gasteiger partial charge in [0.25, 0.3) is 0 Å². The lowest BCUT2D eigenvalue weighted by Gasteiger charge is -2.28. The zero-order valence-electron chi connectivity index (χ0n) is 20.0. The van der Waals surface area contributed by atoms with E-state index in [9.17, 15) is 14.7 Å². The van der Waals surface area contributed by atoms with Crippen molar-refractivity contribution < 1.29 is 19.4 Å². The van der Waals surface area contributed by atoms with Crippen molar-refractivity contribution in [3.8, 4) is 5.75 Å². The Bertz CT molecular complexity index is 1160. The number of fused-ring (bicyclic) bond motifs is 1. The number of hydrogen-bond acceptors (Lipinski definition) is 4. The fourth-order valence-electron chi connectivity index (χ4n) is 5.12. The van der Waals surface area contributed by atoms with Crippen LogP contribution >= 0.6 is 0 Å². The third-order valence-electron chi connectivity index (χ3n) is 6.87. The number of likely N-dealkylation sites (N-methyl/N-ethyl adjacent to an activating group) is 1. The van der Waals surface area contributed by atoms with Crippen molar-refractivity contribution in [3.05, 3.63) is 77.9 Å². The van der Waals surface area contributed by atoms with E-state index in [4.69, 9.17) is 4.74 Å². The lowest BCUT2D eigenvalue weighted by atomic mass is 9.82. The Hall–Kier alpha value is -3.38. The van der Waals surface area contributed by atoms with Crippen LogP contribution in [-0.4, -0.2) is 60.6 Å². The maximum atomic E-state index is 13.0. The first-order valence-corrected chi connectivity index (χ1v) is 11.8. The number of hydrogen-bond donors (Lipinski definition) is 1. The minimum absolute atomic E-state index is 0.00339. The highest BCUT2D eigenvalue weighted by molar-refractivity contribution is 5.84. The summed E-state index contributed by atoms with van der Waals surface area (Å²) in [5.41, 5.74) is 1.86. The van der Waals surface area contributed by atoms with Gasteiger partial charge in [0.05, 0.1) is 19.6 Å². The number of benzene rings is 3. The third-order valence-corrected chi connectivity index (χ3v) is 6.87. The second-order valence-electron chi connectivity index (χ2n) is 9.04. The maximum Gasteiger partial charge on any atom is 0.309 e. The van der Waals surface area contributed by atoms with E-state index < -0.39 is 17.9 Å². The Morgan fingerprint density at radius 3 is 2.35 bits per heavy atom. The van der Waals surface area contributed by atoms with E-state index in [0.29, 0.717) is 18.8 Å². The summed E-state index contributed by atoms with van der Waals surface area (Å²) in [5, 5.41) is 12.6. The van der Waals surface area contributed by atoms with Gasteiger partial charge in [-0.15, -0.1) is 0 Å². The summed E-state index contributed by atoms with van der Waals surface area (Å²) in [6.07, 6.45) is 0.877. The molecular formula is C28H32N2O4. The monoisotopic (exact) mass is 460 g/mol. The van der Waals surface area contributed by atoms with Crippen LogP contribution in [0.3, 0.4) is 0 Å². The molecule has 1 amide bonds. The summed E-state index contributed by atoms with van der Waals surface area (Å²) in [7, 11) is 3.41. The Morgan fingerprint density at radius 2 is 1.71 bits per heavy atom. The number of carbonyl (C=O) groups excluding carboxylic acids is 1. The molecule has 4 rings (SSSR count). The van der Waals surface area contributed by atoms with Gasteiger partial charge in [0.1, 0.15) is 5.75 Å². The number of rotatable bonds is 8. The maximum absolute atomic E-state index is 13.0. The van der Waals surface area contributed by atoms with Gasteiger partial charge in [0.15, 0.2) is 0 Å². The molecule has 0 bridgehead atoms. The number of carboxylic acid groups (broad SMARTS) is 1. The molecule has 0 saturated carbocycles. The predicted molar refractivity (Wildman–Crippen MR) is 133 cm³/mol. The van der Waals surface area contributed by atoms with E-state index in [0.717, 1.165) is 28.3 Å². The average Bonchev–Trinajstić information content (AvgIpc) is 3.23. The molecule has 6 heteroatoms. The van der Waals surface area contributed by atoms with E-state index in [1.807, 2.05) is 60.4 Å². The predicted octanol–water partition coefficient (Wildman–Crippen LogP) is 4.56. The van der Waals surface area contributed by atoms with Crippen LogP contribution in [0, 0.1) is 5.92 Å². The molecule has 6 nitrogen and oxygen atoms in total. The van der Waals surface area contributed by atoms with Crippen molar-refractivity contribution in [2.75, 3.05) is 33.8 Å². The molecular weight excluding hydrogens is 428 g/mol. The molecule has 3 aromatic carbocycles. The third kappa shape index (κ3) is 4.77. The molecule has 1 fully saturated rings.